The number of esters is 1. The molecule has 0 aliphatic carbocycles. The highest BCUT2D eigenvalue weighted by molar-refractivity contribution is 5.87. The lowest BCUT2D eigenvalue weighted by atomic mass is 9.82. The predicted octanol–water partition coefficient (Wildman–Crippen LogP) is 3.59. The second kappa shape index (κ2) is 9.51. The summed E-state index contributed by atoms with van der Waals surface area (Å²) in [5, 5.41) is 8.46. The van der Waals surface area contributed by atoms with Gasteiger partial charge >= 0.3 is 5.97 Å². The molecule has 5 heteroatoms. The normalized spacial score (nSPS) is 12.6. The van der Waals surface area contributed by atoms with Gasteiger partial charge in [-0.3, -0.25) is 9.59 Å². The molecular weight excluding hydrogens is 340 g/mol. The summed E-state index contributed by atoms with van der Waals surface area (Å²) >= 11 is 0. The summed E-state index contributed by atoms with van der Waals surface area (Å²) in [4.78, 5) is 24.5. The molecule has 0 aliphatic rings. The first kappa shape index (κ1) is 20.9. The van der Waals surface area contributed by atoms with Crippen LogP contribution in [-0.4, -0.2) is 32.1 Å². The van der Waals surface area contributed by atoms with Crippen molar-refractivity contribution in [1.29, 1.82) is 0 Å². The lowest BCUT2D eigenvalue weighted by Gasteiger charge is -2.28. The van der Waals surface area contributed by atoms with Crippen LogP contribution in [0.4, 0.5) is 0 Å². The van der Waals surface area contributed by atoms with E-state index in [1.807, 2.05) is 45.0 Å². The number of rotatable bonds is 9. The van der Waals surface area contributed by atoms with Crippen LogP contribution in [0, 0.1) is 5.41 Å². The van der Waals surface area contributed by atoms with Crippen molar-refractivity contribution in [1.82, 2.24) is 10.6 Å². The number of fused-ring (bicyclic) bond motifs is 1. The van der Waals surface area contributed by atoms with Gasteiger partial charge in [-0.2, -0.15) is 0 Å². The summed E-state index contributed by atoms with van der Waals surface area (Å²) in [6.07, 6.45) is 1.33. The molecule has 0 heterocycles. The summed E-state index contributed by atoms with van der Waals surface area (Å²) < 4.78 is 4.94. The number of carbonyl (C=O) groups is 2. The zero-order valence-corrected chi connectivity index (χ0v) is 16.7. The molecule has 0 saturated heterocycles. The number of ether oxygens (including phenoxy) is 1. The van der Waals surface area contributed by atoms with E-state index < -0.39 is 5.41 Å². The van der Waals surface area contributed by atoms with Gasteiger partial charge in [0.05, 0.1) is 25.1 Å². The maximum absolute atomic E-state index is 12.4. The Labute approximate surface area is 161 Å². The number of hydrogen-bond acceptors (Lipinski definition) is 4. The van der Waals surface area contributed by atoms with Crippen LogP contribution < -0.4 is 10.6 Å². The maximum Gasteiger partial charge on any atom is 0.313 e. The zero-order valence-electron chi connectivity index (χ0n) is 16.7. The molecule has 27 heavy (non-hydrogen) atoms. The highest BCUT2D eigenvalue weighted by Crippen LogP contribution is 2.27. The van der Waals surface area contributed by atoms with E-state index in [4.69, 9.17) is 4.74 Å². The Hall–Kier alpha value is -2.40. The molecule has 146 valence electrons. The number of nitrogens with one attached hydrogen (secondary N) is 2. The molecule has 0 unspecified atom stereocenters. The van der Waals surface area contributed by atoms with Gasteiger partial charge in [-0.25, -0.2) is 0 Å². The van der Waals surface area contributed by atoms with Gasteiger partial charge in [0.2, 0.25) is 5.91 Å². The standard InChI is InChI=1S/C22H30N2O3/c1-5-22(6-2,21(26)27-4)15-23-14-20(25)24-16(3)18-13-9-11-17-10-7-8-12-19(17)18/h7-13,16,23H,5-6,14-15H2,1-4H3,(H,24,25)/t16-/m1/s1. The van der Waals surface area contributed by atoms with Crippen LogP contribution in [0.1, 0.15) is 45.2 Å². The SMILES string of the molecule is CCC(CC)(CNCC(=O)N[C@H](C)c1cccc2ccccc12)C(=O)OC. The highest BCUT2D eigenvalue weighted by atomic mass is 16.5. The zero-order chi connectivity index (χ0) is 19.9. The third-order valence-corrected chi connectivity index (χ3v) is 5.39. The molecule has 2 aromatic rings. The van der Waals surface area contributed by atoms with Gasteiger partial charge in [0.1, 0.15) is 0 Å². The molecule has 0 aliphatic heterocycles. The molecule has 1 atom stereocenters. The number of carbonyl (C=O) groups excluding carboxylic acids is 2. The third-order valence-electron chi connectivity index (χ3n) is 5.39. The van der Waals surface area contributed by atoms with E-state index in [-0.39, 0.29) is 24.5 Å². The second-order valence-electron chi connectivity index (χ2n) is 6.94. The third kappa shape index (κ3) is 4.86. The largest absolute Gasteiger partial charge is 0.469 e. The Morgan fingerprint density at radius 1 is 1.07 bits per heavy atom. The van der Waals surface area contributed by atoms with Crippen LogP contribution in [0.2, 0.25) is 0 Å². The molecule has 0 saturated carbocycles. The van der Waals surface area contributed by atoms with Gasteiger partial charge in [0.15, 0.2) is 0 Å². The van der Waals surface area contributed by atoms with Gasteiger partial charge in [0.25, 0.3) is 0 Å². The Morgan fingerprint density at radius 3 is 2.41 bits per heavy atom. The van der Waals surface area contributed by atoms with Crippen molar-refractivity contribution in [3.05, 3.63) is 48.0 Å². The summed E-state index contributed by atoms with van der Waals surface area (Å²) in [6.45, 7) is 6.49. The van der Waals surface area contributed by atoms with Crippen molar-refractivity contribution >= 4 is 22.6 Å². The van der Waals surface area contributed by atoms with E-state index in [9.17, 15) is 9.59 Å². The molecule has 1 amide bonds. The quantitative estimate of drug-likeness (QED) is 0.662. The van der Waals surface area contributed by atoms with Crippen molar-refractivity contribution in [2.75, 3.05) is 20.2 Å². The predicted molar refractivity (Wildman–Crippen MR) is 108 cm³/mol. The molecule has 2 N–H and O–H groups in total. The number of benzene rings is 2. The van der Waals surface area contributed by atoms with E-state index in [0.29, 0.717) is 19.4 Å². The first-order valence-corrected chi connectivity index (χ1v) is 9.53. The van der Waals surface area contributed by atoms with Crippen molar-refractivity contribution in [3.63, 3.8) is 0 Å². The van der Waals surface area contributed by atoms with Crippen LogP contribution in [0.5, 0.6) is 0 Å². The smallest absolute Gasteiger partial charge is 0.313 e. The van der Waals surface area contributed by atoms with E-state index in [2.05, 4.69) is 28.8 Å². The van der Waals surface area contributed by atoms with Crippen LogP contribution in [0.25, 0.3) is 10.8 Å². The van der Waals surface area contributed by atoms with E-state index in [1.54, 1.807) is 0 Å². The molecule has 0 aromatic heterocycles. The second-order valence-corrected chi connectivity index (χ2v) is 6.94. The van der Waals surface area contributed by atoms with Crippen LogP contribution in [0.15, 0.2) is 42.5 Å². The molecule has 0 fully saturated rings. The van der Waals surface area contributed by atoms with Crippen LogP contribution in [0.3, 0.4) is 0 Å². The van der Waals surface area contributed by atoms with Crippen molar-refractivity contribution in [3.8, 4) is 0 Å². The number of hydrogen-bond donors (Lipinski definition) is 2. The Morgan fingerprint density at radius 2 is 1.74 bits per heavy atom. The van der Waals surface area contributed by atoms with Crippen molar-refractivity contribution in [2.45, 2.75) is 39.7 Å². The minimum atomic E-state index is -0.587. The summed E-state index contributed by atoms with van der Waals surface area (Å²) in [6, 6.07) is 14.2. The fraction of sp³-hybridized carbons (Fsp3) is 0.455. The summed E-state index contributed by atoms with van der Waals surface area (Å²) in [5.74, 6) is -0.328. The monoisotopic (exact) mass is 370 g/mol. The molecule has 0 spiro atoms. The van der Waals surface area contributed by atoms with E-state index in [1.165, 1.54) is 7.11 Å². The molecule has 0 radical (unpaired) electrons. The van der Waals surface area contributed by atoms with Crippen LogP contribution in [-0.2, 0) is 14.3 Å². The van der Waals surface area contributed by atoms with Gasteiger partial charge in [-0.15, -0.1) is 0 Å². The van der Waals surface area contributed by atoms with E-state index in [0.717, 1.165) is 16.3 Å². The van der Waals surface area contributed by atoms with Crippen molar-refractivity contribution in [2.24, 2.45) is 5.41 Å². The summed E-state index contributed by atoms with van der Waals surface area (Å²) in [7, 11) is 1.40. The maximum atomic E-state index is 12.4. The molecule has 2 aromatic carbocycles. The minimum absolute atomic E-state index is 0.0959. The fourth-order valence-corrected chi connectivity index (χ4v) is 3.49. The van der Waals surface area contributed by atoms with Gasteiger partial charge < -0.3 is 15.4 Å². The number of amides is 1. The highest BCUT2D eigenvalue weighted by Gasteiger charge is 2.35. The molecule has 5 nitrogen and oxygen atoms in total. The Bertz CT molecular complexity index is 779. The first-order chi connectivity index (χ1) is 13.0. The lowest BCUT2D eigenvalue weighted by Crippen LogP contribution is -2.44. The first-order valence-electron chi connectivity index (χ1n) is 9.53. The van der Waals surface area contributed by atoms with Gasteiger partial charge in [-0.05, 0) is 36.1 Å². The Kier molecular flexibility index (Phi) is 7.36. The fourth-order valence-electron chi connectivity index (χ4n) is 3.49. The topological polar surface area (TPSA) is 67.4 Å². The average Bonchev–Trinajstić information content (AvgIpc) is 2.70. The lowest BCUT2D eigenvalue weighted by molar-refractivity contribution is -0.153. The van der Waals surface area contributed by atoms with Gasteiger partial charge in [-0.1, -0.05) is 56.3 Å². The minimum Gasteiger partial charge on any atom is -0.469 e. The Balaban J connectivity index is 1.96. The number of methoxy groups -OCH3 is 1. The molecular formula is C22H30N2O3. The molecule has 0 bridgehead atoms. The molecule has 2 rings (SSSR count). The summed E-state index contributed by atoms with van der Waals surface area (Å²) in [5.41, 5.74) is 0.503. The van der Waals surface area contributed by atoms with Crippen LogP contribution >= 0.6 is 0 Å². The van der Waals surface area contributed by atoms with Crippen molar-refractivity contribution < 1.29 is 14.3 Å². The van der Waals surface area contributed by atoms with E-state index >= 15 is 0 Å². The average molecular weight is 370 g/mol. The van der Waals surface area contributed by atoms with Gasteiger partial charge in [0, 0.05) is 6.54 Å².